The Balaban J connectivity index is 1.81. The molecule has 4 rings (SSSR count). The number of nitrogens with two attached hydrogens (primary N) is 1. The second-order valence-electron chi connectivity index (χ2n) is 6.71. The first-order chi connectivity index (χ1) is 13.9. The topological polar surface area (TPSA) is 89.7 Å². The number of anilines is 2. The number of hydrogen-bond acceptors (Lipinski definition) is 2. The first-order valence-corrected chi connectivity index (χ1v) is 10.1. The molecule has 0 fully saturated rings. The van der Waals surface area contributed by atoms with Crippen molar-refractivity contribution < 1.29 is 0 Å². The average molecular weight is 447 g/mol. The third-order valence-electron chi connectivity index (χ3n) is 4.67. The zero-order valence-corrected chi connectivity index (χ0v) is 17.5. The van der Waals surface area contributed by atoms with Gasteiger partial charge in [0.05, 0.1) is 10.7 Å². The molecule has 8 heteroatoms. The molecular weight excluding hydrogens is 429 g/mol. The first kappa shape index (κ1) is 19.7. The standard InChI is InChI=1S/C21H18Cl3N5/c22-12-1-3-18-15(8-12)16-10-14(28-19-4-2-13(23)9-17(19)24)7-11(20(16)29-18)5-6-27-21(25)26/h1-4,7-10,28-29H,5-6H2,(H4,25,26,27). The second-order valence-corrected chi connectivity index (χ2v) is 7.99. The van der Waals surface area contributed by atoms with Gasteiger partial charge < -0.3 is 21.4 Å². The quantitative estimate of drug-likeness (QED) is 0.191. The van der Waals surface area contributed by atoms with Crippen LogP contribution in [-0.2, 0) is 6.42 Å². The third-order valence-corrected chi connectivity index (χ3v) is 5.45. The van der Waals surface area contributed by atoms with Crippen LogP contribution < -0.4 is 16.4 Å². The fourth-order valence-corrected chi connectivity index (χ4v) is 4.02. The summed E-state index contributed by atoms with van der Waals surface area (Å²) in [6.45, 7) is 0.547. The summed E-state index contributed by atoms with van der Waals surface area (Å²) in [5.41, 5.74) is 10.2. The molecule has 0 aliphatic carbocycles. The molecule has 1 aromatic heterocycles. The van der Waals surface area contributed by atoms with Gasteiger partial charge in [0.2, 0.25) is 0 Å². The number of nitrogens with one attached hydrogen (secondary N) is 4. The Bertz CT molecular complexity index is 1230. The molecule has 0 spiro atoms. The van der Waals surface area contributed by atoms with E-state index in [-0.39, 0.29) is 5.96 Å². The number of benzene rings is 3. The minimum Gasteiger partial charge on any atom is -0.370 e. The number of aromatic nitrogens is 1. The lowest BCUT2D eigenvalue weighted by Gasteiger charge is -2.12. The van der Waals surface area contributed by atoms with Crippen molar-refractivity contribution >= 4 is 73.9 Å². The number of fused-ring (bicyclic) bond motifs is 3. The van der Waals surface area contributed by atoms with Gasteiger partial charge in [0.1, 0.15) is 0 Å². The predicted molar refractivity (Wildman–Crippen MR) is 124 cm³/mol. The number of rotatable bonds is 5. The van der Waals surface area contributed by atoms with Crippen LogP contribution in [0.5, 0.6) is 0 Å². The van der Waals surface area contributed by atoms with E-state index in [0.29, 0.717) is 28.0 Å². The van der Waals surface area contributed by atoms with E-state index in [0.717, 1.165) is 38.7 Å². The van der Waals surface area contributed by atoms with Crippen LogP contribution in [0.25, 0.3) is 21.8 Å². The molecule has 148 valence electrons. The molecule has 6 N–H and O–H groups in total. The molecule has 0 aliphatic heterocycles. The highest BCUT2D eigenvalue weighted by atomic mass is 35.5. The number of guanidine groups is 1. The van der Waals surface area contributed by atoms with Crippen molar-refractivity contribution in [1.82, 2.24) is 10.3 Å². The largest absolute Gasteiger partial charge is 0.370 e. The number of halogens is 3. The number of H-pyrrole nitrogens is 1. The van der Waals surface area contributed by atoms with Crippen molar-refractivity contribution in [2.45, 2.75) is 6.42 Å². The number of aromatic amines is 1. The van der Waals surface area contributed by atoms with Crippen LogP contribution in [0.1, 0.15) is 5.56 Å². The van der Waals surface area contributed by atoms with E-state index in [4.69, 9.17) is 45.9 Å². The van der Waals surface area contributed by atoms with E-state index in [1.807, 2.05) is 24.3 Å². The Morgan fingerprint density at radius 3 is 2.48 bits per heavy atom. The van der Waals surface area contributed by atoms with Crippen molar-refractivity contribution in [2.75, 3.05) is 11.9 Å². The van der Waals surface area contributed by atoms with Crippen molar-refractivity contribution in [3.8, 4) is 0 Å². The molecule has 29 heavy (non-hydrogen) atoms. The molecule has 0 radical (unpaired) electrons. The van der Waals surface area contributed by atoms with E-state index in [1.165, 1.54) is 0 Å². The molecule has 3 aromatic carbocycles. The third kappa shape index (κ3) is 4.22. The van der Waals surface area contributed by atoms with Crippen molar-refractivity contribution in [1.29, 1.82) is 5.41 Å². The van der Waals surface area contributed by atoms with Crippen molar-refractivity contribution in [3.63, 3.8) is 0 Å². The van der Waals surface area contributed by atoms with Crippen LogP contribution in [0.2, 0.25) is 15.1 Å². The van der Waals surface area contributed by atoms with Gasteiger partial charge in [-0.05, 0) is 60.5 Å². The minimum atomic E-state index is -0.0492. The normalized spacial score (nSPS) is 11.1. The highest BCUT2D eigenvalue weighted by Crippen LogP contribution is 2.35. The number of hydrogen-bond donors (Lipinski definition) is 5. The molecular formula is C21H18Cl3N5. The highest BCUT2D eigenvalue weighted by molar-refractivity contribution is 6.36. The van der Waals surface area contributed by atoms with Crippen LogP contribution >= 0.6 is 34.8 Å². The Morgan fingerprint density at radius 2 is 1.72 bits per heavy atom. The van der Waals surface area contributed by atoms with E-state index in [9.17, 15) is 0 Å². The predicted octanol–water partition coefficient (Wildman–Crippen LogP) is 6.05. The summed E-state index contributed by atoms with van der Waals surface area (Å²) in [6.07, 6.45) is 0.681. The summed E-state index contributed by atoms with van der Waals surface area (Å²) in [7, 11) is 0. The summed E-state index contributed by atoms with van der Waals surface area (Å²) in [5, 5.41) is 17.5. The molecule has 0 amide bonds. The summed E-state index contributed by atoms with van der Waals surface area (Å²) in [4.78, 5) is 3.48. The van der Waals surface area contributed by atoms with Gasteiger partial charge in [-0.2, -0.15) is 0 Å². The minimum absolute atomic E-state index is 0.0492. The summed E-state index contributed by atoms with van der Waals surface area (Å²) in [5.74, 6) is -0.0492. The lowest BCUT2D eigenvalue weighted by Crippen LogP contribution is -2.31. The zero-order valence-electron chi connectivity index (χ0n) is 15.2. The maximum atomic E-state index is 7.37. The fourth-order valence-electron chi connectivity index (χ4n) is 3.39. The summed E-state index contributed by atoms with van der Waals surface area (Å²) in [6, 6.07) is 15.2. The smallest absolute Gasteiger partial charge is 0.185 e. The monoisotopic (exact) mass is 445 g/mol. The summed E-state index contributed by atoms with van der Waals surface area (Å²) < 4.78 is 0. The molecule has 0 bridgehead atoms. The lowest BCUT2D eigenvalue weighted by atomic mass is 10.0. The van der Waals surface area contributed by atoms with Crippen molar-refractivity contribution in [3.05, 3.63) is 69.2 Å². The Kier molecular flexibility index (Phi) is 5.46. The first-order valence-electron chi connectivity index (χ1n) is 8.94. The van der Waals surface area contributed by atoms with E-state index >= 15 is 0 Å². The molecule has 0 saturated carbocycles. The molecule has 0 unspecified atom stereocenters. The van der Waals surface area contributed by atoms with Gasteiger partial charge in [-0.15, -0.1) is 0 Å². The van der Waals surface area contributed by atoms with E-state index in [1.54, 1.807) is 12.1 Å². The fraction of sp³-hybridized carbons (Fsp3) is 0.0952. The molecule has 0 aliphatic rings. The van der Waals surface area contributed by atoms with E-state index < -0.39 is 0 Å². The lowest BCUT2D eigenvalue weighted by molar-refractivity contribution is 0.857. The Hall–Kier alpha value is -2.60. The van der Waals surface area contributed by atoms with Gasteiger partial charge in [-0.25, -0.2) is 0 Å². The van der Waals surface area contributed by atoms with Gasteiger partial charge in [0, 0.05) is 44.1 Å². The van der Waals surface area contributed by atoms with Crippen molar-refractivity contribution in [2.24, 2.45) is 5.73 Å². The van der Waals surface area contributed by atoms with Crippen LogP contribution in [0, 0.1) is 5.41 Å². The van der Waals surface area contributed by atoms with E-state index in [2.05, 4.69) is 27.8 Å². The summed E-state index contributed by atoms with van der Waals surface area (Å²) >= 11 is 18.6. The van der Waals surface area contributed by atoms with Crippen LogP contribution in [0.15, 0.2) is 48.5 Å². The maximum absolute atomic E-state index is 7.37. The molecule has 0 saturated heterocycles. The van der Waals surface area contributed by atoms with Crippen LogP contribution in [-0.4, -0.2) is 17.5 Å². The second kappa shape index (κ2) is 8.03. The average Bonchev–Trinajstić information content (AvgIpc) is 3.02. The van der Waals surface area contributed by atoms with Gasteiger partial charge in [-0.3, -0.25) is 5.41 Å². The molecule has 5 nitrogen and oxygen atoms in total. The van der Waals surface area contributed by atoms with Crippen LogP contribution in [0.3, 0.4) is 0 Å². The molecule has 0 atom stereocenters. The molecule has 1 heterocycles. The Morgan fingerprint density at radius 1 is 0.966 bits per heavy atom. The van der Waals surface area contributed by atoms with Gasteiger partial charge >= 0.3 is 0 Å². The SMILES string of the molecule is N=C(N)NCCc1cc(Nc2ccc(Cl)cc2Cl)cc2c1[nH]c1ccc(Cl)cc12. The van der Waals surface area contributed by atoms with Gasteiger partial charge in [0.25, 0.3) is 0 Å². The zero-order chi connectivity index (χ0) is 20.5. The van der Waals surface area contributed by atoms with Gasteiger partial charge in [-0.1, -0.05) is 34.8 Å². The van der Waals surface area contributed by atoms with Crippen LogP contribution in [0.4, 0.5) is 11.4 Å². The highest BCUT2D eigenvalue weighted by Gasteiger charge is 2.12. The van der Waals surface area contributed by atoms with Gasteiger partial charge in [0.15, 0.2) is 5.96 Å². The Labute approximate surface area is 182 Å². The maximum Gasteiger partial charge on any atom is 0.185 e. The molecule has 4 aromatic rings.